The van der Waals surface area contributed by atoms with Crippen molar-refractivity contribution in [3.05, 3.63) is 11.7 Å². The highest BCUT2D eigenvalue weighted by molar-refractivity contribution is 7.98. The minimum absolute atomic E-state index is 0.716. The van der Waals surface area contributed by atoms with Crippen LogP contribution in [0.25, 0.3) is 0 Å². The van der Waals surface area contributed by atoms with E-state index >= 15 is 0 Å². The summed E-state index contributed by atoms with van der Waals surface area (Å²) in [5.41, 5.74) is 0. The summed E-state index contributed by atoms with van der Waals surface area (Å²) < 4.78 is 5.30. The highest BCUT2D eigenvalue weighted by Gasteiger charge is 2.17. The van der Waals surface area contributed by atoms with Gasteiger partial charge in [-0.1, -0.05) is 12.1 Å². The van der Waals surface area contributed by atoms with Gasteiger partial charge in [0.2, 0.25) is 5.89 Å². The molecule has 96 valence electrons. The molecule has 2 heterocycles. The number of rotatable bonds is 6. The molecule has 0 aromatic carbocycles. The van der Waals surface area contributed by atoms with Gasteiger partial charge in [0.15, 0.2) is 5.82 Å². The Morgan fingerprint density at radius 1 is 1.41 bits per heavy atom. The quantitative estimate of drug-likeness (QED) is 0.790. The van der Waals surface area contributed by atoms with Gasteiger partial charge in [-0.05, 0) is 44.0 Å². The Morgan fingerprint density at radius 3 is 3.00 bits per heavy atom. The fourth-order valence-electron chi connectivity index (χ4n) is 2.07. The minimum atomic E-state index is 0.716. The number of piperidine rings is 1. The largest absolute Gasteiger partial charge is 0.339 e. The van der Waals surface area contributed by atoms with E-state index in [1.54, 1.807) is 0 Å². The van der Waals surface area contributed by atoms with Gasteiger partial charge in [0.1, 0.15) is 0 Å². The zero-order valence-corrected chi connectivity index (χ0v) is 11.3. The topological polar surface area (TPSA) is 51.0 Å². The van der Waals surface area contributed by atoms with E-state index in [1.165, 1.54) is 19.3 Å². The average molecular weight is 255 g/mol. The number of nitrogens with one attached hydrogen (secondary N) is 1. The van der Waals surface area contributed by atoms with Gasteiger partial charge in [0.25, 0.3) is 0 Å². The molecule has 1 aliphatic rings. The third-order valence-corrected chi connectivity index (χ3v) is 4.17. The Kier molecular flexibility index (Phi) is 5.32. The number of aromatic nitrogens is 2. The van der Waals surface area contributed by atoms with Crippen molar-refractivity contribution in [1.82, 2.24) is 15.5 Å². The molecule has 0 aliphatic carbocycles. The standard InChI is InChI=1S/C12H21N3OS/c1-2-7-17-9-11-14-12(16-15-11)8-10-3-5-13-6-4-10/h10,13H,2-9H2,1H3. The SMILES string of the molecule is CCCSCc1noc(CC2CCNCC2)n1. The van der Waals surface area contributed by atoms with Crippen molar-refractivity contribution in [2.24, 2.45) is 5.92 Å². The summed E-state index contributed by atoms with van der Waals surface area (Å²) >= 11 is 1.87. The number of hydrogen-bond donors (Lipinski definition) is 1. The van der Waals surface area contributed by atoms with E-state index in [9.17, 15) is 0 Å². The summed E-state index contributed by atoms with van der Waals surface area (Å²) in [4.78, 5) is 4.46. The molecular formula is C12H21N3OS. The van der Waals surface area contributed by atoms with Gasteiger partial charge in [0, 0.05) is 6.42 Å². The van der Waals surface area contributed by atoms with Crippen LogP contribution in [0.1, 0.15) is 37.9 Å². The van der Waals surface area contributed by atoms with Gasteiger partial charge in [-0.15, -0.1) is 0 Å². The Hall–Kier alpha value is -0.550. The third kappa shape index (κ3) is 4.32. The normalized spacial score (nSPS) is 17.5. The Balaban J connectivity index is 1.76. The molecule has 1 saturated heterocycles. The van der Waals surface area contributed by atoms with Gasteiger partial charge in [-0.3, -0.25) is 0 Å². The fraction of sp³-hybridized carbons (Fsp3) is 0.833. The molecule has 17 heavy (non-hydrogen) atoms. The van der Waals surface area contributed by atoms with Crippen molar-refractivity contribution in [2.45, 2.75) is 38.4 Å². The third-order valence-electron chi connectivity index (χ3n) is 3.01. The Bertz CT molecular complexity index is 323. The van der Waals surface area contributed by atoms with Gasteiger partial charge in [-0.25, -0.2) is 0 Å². The van der Waals surface area contributed by atoms with Crippen molar-refractivity contribution in [3.63, 3.8) is 0 Å². The maximum absolute atomic E-state index is 5.30. The van der Waals surface area contributed by atoms with E-state index in [0.717, 1.165) is 42.7 Å². The molecular weight excluding hydrogens is 234 g/mol. The summed E-state index contributed by atoms with van der Waals surface area (Å²) in [5.74, 6) is 4.44. The van der Waals surface area contributed by atoms with E-state index in [1.807, 2.05) is 11.8 Å². The second-order valence-corrected chi connectivity index (χ2v) is 5.66. The molecule has 0 bridgehead atoms. The molecule has 1 aromatic heterocycles. The monoisotopic (exact) mass is 255 g/mol. The number of hydrogen-bond acceptors (Lipinski definition) is 5. The highest BCUT2D eigenvalue weighted by atomic mass is 32.2. The van der Waals surface area contributed by atoms with Crippen LogP contribution < -0.4 is 5.32 Å². The van der Waals surface area contributed by atoms with E-state index in [4.69, 9.17) is 4.52 Å². The molecule has 4 nitrogen and oxygen atoms in total. The zero-order chi connectivity index (χ0) is 11.9. The smallest absolute Gasteiger partial charge is 0.226 e. The summed E-state index contributed by atoms with van der Waals surface area (Å²) in [6, 6.07) is 0. The lowest BCUT2D eigenvalue weighted by molar-refractivity contribution is 0.312. The van der Waals surface area contributed by atoms with Crippen LogP contribution in [0.15, 0.2) is 4.52 Å². The van der Waals surface area contributed by atoms with E-state index in [-0.39, 0.29) is 0 Å². The lowest BCUT2D eigenvalue weighted by Crippen LogP contribution is -2.28. The molecule has 1 aliphatic heterocycles. The molecule has 0 radical (unpaired) electrons. The van der Waals surface area contributed by atoms with Crippen molar-refractivity contribution >= 4 is 11.8 Å². The van der Waals surface area contributed by atoms with Crippen LogP contribution in [0.2, 0.25) is 0 Å². The second kappa shape index (κ2) is 7.01. The first-order chi connectivity index (χ1) is 8.38. The van der Waals surface area contributed by atoms with E-state index in [2.05, 4.69) is 22.4 Å². The Labute approximate surface area is 107 Å². The average Bonchev–Trinajstić information content (AvgIpc) is 2.79. The van der Waals surface area contributed by atoms with E-state index in [0.29, 0.717) is 5.92 Å². The van der Waals surface area contributed by atoms with Crippen molar-refractivity contribution in [3.8, 4) is 0 Å². The van der Waals surface area contributed by atoms with Crippen LogP contribution in [-0.2, 0) is 12.2 Å². The molecule has 1 fully saturated rings. The van der Waals surface area contributed by atoms with Crippen molar-refractivity contribution in [1.29, 1.82) is 0 Å². The molecule has 0 amide bonds. The predicted octanol–water partition coefficient (Wildman–Crippen LogP) is 2.25. The summed E-state index contributed by atoms with van der Waals surface area (Å²) in [6.07, 6.45) is 4.60. The van der Waals surface area contributed by atoms with Crippen LogP contribution in [0.4, 0.5) is 0 Å². The number of nitrogens with zero attached hydrogens (tertiary/aromatic N) is 2. The molecule has 2 rings (SSSR count). The minimum Gasteiger partial charge on any atom is -0.339 e. The highest BCUT2D eigenvalue weighted by Crippen LogP contribution is 2.18. The van der Waals surface area contributed by atoms with Gasteiger partial charge in [0.05, 0.1) is 5.75 Å². The molecule has 0 atom stereocenters. The van der Waals surface area contributed by atoms with Gasteiger partial charge in [-0.2, -0.15) is 16.7 Å². The molecule has 1 aromatic rings. The van der Waals surface area contributed by atoms with Crippen LogP contribution in [0.3, 0.4) is 0 Å². The van der Waals surface area contributed by atoms with Gasteiger partial charge >= 0.3 is 0 Å². The molecule has 0 saturated carbocycles. The van der Waals surface area contributed by atoms with Crippen LogP contribution in [0.5, 0.6) is 0 Å². The first kappa shape index (κ1) is 12.9. The first-order valence-electron chi connectivity index (χ1n) is 6.48. The summed E-state index contributed by atoms with van der Waals surface area (Å²) in [6.45, 7) is 4.43. The maximum Gasteiger partial charge on any atom is 0.226 e. The second-order valence-electron chi connectivity index (χ2n) is 4.55. The van der Waals surface area contributed by atoms with E-state index < -0.39 is 0 Å². The number of thioether (sulfide) groups is 1. The maximum atomic E-state index is 5.30. The summed E-state index contributed by atoms with van der Waals surface area (Å²) in [7, 11) is 0. The predicted molar refractivity (Wildman–Crippen MR) is 70.0 cm³/mol. The Morgan fingerprint density at radius 2 is 2.24 bits per heavy atom. The van der Waals surface area contributed by atoms with Crippen LogP contribution in [0, 0.1) is 5.92 Å². The fourth-order valence-corrected chi connectivity index (χ4v) is 2.81. The van der Waals surface area contributed by atoms with Crippen LogP contribution in [-0.4, -0.2) is 29.0 Å². The molecule has 1 N–H and O–H groups in total. The van der Waals surface area contributed by atoms with Crippen LogP contribution >= 0.6 is 11.8 Å². The summed E-state index contributed by atoms with van der Waals surface area (Å²) in [5, 5.41) is 7.40. The zero-order valence-electron chi connectivity index (χ0n) is 10.4. The lowest BCUT2D eigenvalue weighted by Gasteiger charge is -2.20. The molecule has 0 spiro atoms. The molecule has 5 heteroatoms. The first-order valence-corrected chi connectivity index (χ1v) is 7.64. The lowest BCUT2D eigenvalue weighted by atomic mass is 9.95. The van der Waals surface area contributed by atoms with Crippen molar-refractivity contribution in [2.75, 3.05) is 18.8 Å². The molecule has 0 unspecified atom stereocenters. The van der Waals surface area contributed by atoms with Gasteiger partial charge < -0.3 is 9.84 Å². The van der Waals surface area contributed by atoms with Crippen molar-refractivity contribution < 1.29 is 4.52 Å².